The maximum atomic E-state index is 13.4. The number of hydrogen-bond acceptors (Lipinski definition) is 5. The molecule has 142 valence electrons. The smallest absolute Gasteiger partial charge is 0.416 e. The SMILES string of the molecule is Oc1nc(-c2cccc(C(F)(F)F)c2)nc(-c2nc3cc(F)ccc3[nH]2)c1O. The van der Waals surface area contributed by atoms with Crippen molar-refractivity contribution in [2.24, 2.45) is 0 Å². The third kappa shape index (κ3) is 3.08. The summed E-state index contributed by atoms with van der Waals surface area (Å²) in [5.74, 6) is -2.32. The molecule has 28 heavy (non-hydrogen) atoms. The van der Waals surface area contributed by atoms with Gasteiger partial charge in [0.15, 0.2) is 17.3 Å². The molecule has 0 aliphatic carbocycles. The van der Waals surface area contributed by atoms with Crippen molar-refractivity contribution in [2.75, 3.05) is 0 Å². The van der Waals surface area contributed by atoms with Crippen LogP contribution in [0, 0.1) is 5.82 Å². The van der Waals surface area contributed by atoms with Crippen LogP contribution in [-0.2, 0) is 6.18 Å². The lowest BCUT2D eigenvalue weighted by Crippen LogP contribution is -2.05. The Balaban J connectivity index is 1.87. The summed E-state index contributed by atoms with van der Waals surface area (Å²) in [7, 11) is 0. The van der Waals surface area contributed by atoms with Crippen molar-refractivity contribution in [3.8, 4) is 34.5 Å². The van der Waals surface area contributed by atoms with Gasteiger partial charge in [-0.25, -0.2) is 14.4 Å². The number of hydrogen-bond donors (Lipinski definition) is 3. The van der Waals surface area contributed by atoms with Gasteiger partial charge < -0.3 is 15.2 Å². The molecule has 2 aromatic heterocycles. The molecule has 4 aromatic rings. The van der Waals surface area contributed by atoms with Gasteiger partial charge in [0.25, 0.3) is 5.88 Å². The first kappa shape index (κ1) is 17.7. The minimum Gasteiger partial charge on any atom is -0.502 e. The van der Waals surface area contributed by atoms with Crippen LogP contribution in [0.2, 0.25) is 0 Å². The molecule has 4 rings (SSSR count). The number of aromatic hydroxyl groups is 2. The fourth-order valence-corrected chi connectivity index (χ4v) is 2.66. The van der Waals surface area contributed by atoms with Gasteiger partial charge in [-0.2, -0.15) is 18.2 Å². The molecule has 0 saturated heterocycles. The minimum atomic E-state index is -4.57. The molecule has 0 saturated carbocycles. The second-order valence-electron chi connectivity index (χ2n) is 5.89. The Labute approximate surface area is 154 Å². The molecule has 0 fully saturated rings. The third-order valence-corrected chi connectivity index (χ3v) is 3.98. The number of benzene rings is 2. The van der Waals surface area contributed by atoms with Gasteiger partial charge in [0.05, 0.1) is 16.6 Å². The summed E-state index contributed by atoms with van der Waals surface area (Å²) in [6.45, 7) is 0. The minimum absolute atomic E-state index is 0.0102. The van der Waals surface area contributed by atoms with Crippen LogP contribution in [0.25, 0.3) is 33.9 Å². The van der Waals surface area contributed by atoms with E-state index in [0.29, 0.717) is 5.52 Å². The Morgan fingerprint density at radius 1 is 0.929 bits per heavy atom. The summed E-state index contributed by atoms with van der Waals surface area (Å²) in [4.78, 5) is 14.6. The van der Waals surface area contributed by atoms with Gasteiger partial charge in [-0.05, 0) is 24.3 Å². The number of alkyl halides is 3. The molecule has 2 aromatic carbocycles. The van der Waals surface area contributed by atoms with Crippen LogP contribution in [0.1, 0.15) is 5.56 Å². The van der Waals surface area contributed by atoms with Crippen LogP contribution in [0.5, 0.6) is 11.6 Å². The van der Waals surface area contributed by atoms with E-state index in [9.17, 15) is 27.8 Å². The number of nitrogens with zero attached hydrogens (tertiary/aromatic N) is 3. The number of halogens is 4. The second-order valence-corrected chi connectivity index (χ2v) is 5.89. The van der Waals surface area contributed by atoms with Gasteiger partial charge in [0.2, 0.25) is 5.75 Å². The zero-order chi connectivity index (χ0) is 20.1. The number of aromatic nitrogens is 4. The van der Waals surface area contributed by atoms with E-state index in [2.05, 4.69) is 19.9 Å². The Morgan fingerprint density at radius 3 is 2.46 bits per heavy atom. The number of aromatic amines is 1. The van der Waals surface area contributed by atoms with Crippen LogP contribution in [0.4, 0.5) is 17.6 Å². The van der Waals surface area contributed by atoms with Crippen LogP contribution in [0.3, 0.4) is 0 Å². The molecule has 6 nitrogen and oxygen atoms in total. The second kappa shape index (κ2) is 6.19. The van der Waals surface area contributed by atoms with Crippen LogP contribution in [-0.4, -0.2) is 30.1 Å². The lowest BCUT2D eigenvalue weighted by atomic mass is 10.1. The van der Waals surface area contributed by atoms with Gasteiger partial charge in [-0.1, -0.05) is 12.1 Å². The molecule has 2 heterocycles. The normalized spacial score (nSPS) is 11.9. The monoisotopic (exact) mass is 390 g/mol. The van der Waals surface area contributed by atoms with Gasteiger partial charge in [-0.3, -0.25) is 0 Å². The molecule has 0 aliphatic heterocycles. The van der Waals surface area contributed by atoms with E-state index >= 15 is 0 Å². The van der Waals surface area contributed by atoms with Gasteiger partial charge in [0, 0.05) is 11.6 Å². The van der Waals surface area contributed by atoms with E-state index in [1.807, 2.05) is 0 Å². The van der Waals surface area contributed by atoms with E-state index in [1.54, 1.807) is 0 Å². The molecule has 0 unspecified atom stereocenters. The number of fused-ring (bicyclic) bond motifs is 1. The maximum Gasteiger partial charge on any atom is 0.416 e. The largest absolute Gasteiger partial charge is 0.502 e. The summed E-state index contributed by atoms with van der Waals surface area (Å²) in [5, 5.41) is 20.0. The number of H-pyrrole nitrogens is 1. The molecule has 0 amide bonds. The van der Waals surface area contributed by atoms with Crippen molar-refractivity contribution in [1.82, 2.24) is 19.9 Å². The van der Waals surface area contributed by atoms with Crippen molar-refractivity contribution in [3.63, 3.8) is 0 Å². The fourth-order valence-electron chi connectivity index (χ4n) is 2.66. The van der Waals surface area contributed by atoms with Crippen LogP contribution >= 0.6 is 0 Å². The topological polar surface area (TPSA) is 94.9 Å². The molecule has 10 heteroatoms. The van der Waals surface area contributed by atoms with E-state index in [-0.39, 0.29) is 28.4 Å². The lowest BCUT2D eigenvalue weighted by Gasteiger charge is -2.09. The van der Waals surface area contributed by atoms with Crippen molar-refractivity contribution < 1.29 is 27.8 Å². The van der Waals surface area contributed by atoms with Gasteiger partial charge in [-0.15, -0.1) is 0 Å². The third-order valence-electron chi connectivity index (χ3n) is 3.98. The predicted octanol–water partition coefficient (Wildman–Crippen LogP) is 4.26. The lowest BCUT2D eigenvalue weighted by molar-refractivity contribution is -0.137. The Bertz CT molecular complexity index is 1200. The molecule has 3 N–H and O–H groups in total. The summed E-state index contributed by atoms with van der Waals surface area (Å²) in [6.07, 6.45) is -4.57. The summed E-state index contributed by atoms with van der Waals surface area (Å²) < 4.78 is 52.2. The molecule has 0 atom stereocenters. The van der Waals surface area contributed by atoms with Crippen LogP contribution in [0.15, 0.2) is 42.5 Å². The van der Waals surface area contributed by atoms with E-state index < -0.39 is 29.2 Å². The quantitative estimate of drug-likeness (QED) is 0.445. The molecular weight excluding hydrogens is 380 g/mol. The molecule has 0 radical (unpaired) electrons. The zero-order valence-corrected chi connectivity index (χ0v) is 13.8. The van der Waals surface area contributed by atoms with E-state index in [4.69, 9.17) is 0 Å². The summed E-state index contributed by atoms with van der Waals surface area (Å²) >= 11 is 0. The first-order valence-electron chi connectivity index (χ1n) is 7.85. The van der Waals surface area contributed by atoms with E-state index in [0.717, 1.165) is 18.2 Å². The Hall–Kier alpha value is -3.69. The first-order valence-corrected chi connectivity index (χ1v) is 7.85. The van der Waals surface area contributed by atoms with Gasteiger partial charge >= 0.3 is 6.18 Å². The van der Waals surface area contributed by atoms with Crippen molar-refractivity contribution in [2.45, 2.75) is 6.18 Å². The van der Waals surface area contributed by atoms with Gasteiger partial charge in [0.1, 0.15) is 5.82 Å². The molecular formula is C18H10F4N4O2. The maximum absolute atomic E-state index is 13.4. The predicted molar refractivity (Wildman–Crippen MR) is 90.8 cm³/mol. The van der Waals surface area contributed by atoms with Crippen molar-refractivity contribution in [3.05, 3.63) is 53.8 Å². The zero-order valence-electron chi connectivity index (χ0n) is 13.8. The highest BCUT2D eigenvalue weighted by Crippen LogP contribution is 2.36. The summed E-state index contributed by atoms with van der Waals surface area (Å²) in [6, 6.07) is 8.00. The van der Waals surface area contributed by atoms with Crippen molar-refractivity contribution in [1.29, 1.82) is 0 Å². The number of nitrogens with one attached hydrogen (secondary N) is 1. The average Bonchev–Trinajstić information content (AvgIpc) is 3.06. The number of rotatable bonds is 2. The van der Waals surface area contributed by atoms with Crippen LogP contribution < -0.4 is 0 Å². The standard InChI is InChI=1S/C18H10F4N4O2/c19-10-4-5-11-12(7-10)24-16(23-11)13-14(27)17(28)26-15(25-13)8-2-1-3-9(6-8)18(20,21)22/h1-7,27H,(H,23,24)(H,25,26,28). The Kier molecular flexibility index (Phi) is 3.91. The average molecular weight is 390 g/mol. The molecule has 0 aliphatic rings. The Morgan fingerprint density at radius 2 is 1.71 bits per heavy atom. The van der Waals surface area contributed by atoms with Crippen molar-refractivity contribution >= 4 is 11.0 Å². The first-order chi connectivity index (χ1) is 13.2. The molecule has 0 spiro atoms. The fraction of sp³-hybridized carbons (Fsp3) is 0.0556. The summed E-state index contributed by atoms with van der Waals surface area (Å²) in [5.41, 5.74) is -0.491. The highest BCUT2D eigenvalue weighted by molar-refractivity contribution is 5.80. The van der Waals surface area contributed by atoms with E-state index in [1.165, 1.54) is 24.3 Å². The molecule has 0 bridgehead atoms. The highest BCUT2D eigenvalue weighted by Gasteiger charge is 2.31. The highest BCUT2D eigenvalue weighted by atomic mass is 19.4. The number of imidazole rings is 1.